The van der Waals surface area contributed by atoms with E-state index in [1.54, 1.807) is 18.2 Å². The number of hydrogen-bond donors (Lipinski definition) is 1. The zero-order valence-electron chi connectivity index (χ0n) is 6.43. The van der Waals surface area contributed by atoms with E-state index in [0.717, 1.165) is 5.56 Å². The molecule has 0 heterocycles. The van der Waals surface area contributed by atoms with Crippen LogP contribution in [0.5, 0.6) is 0 Å². The van der Waals surface area contributed by atoms with Gasteiger partial charge < -0.3 is 5.73 Å². The summed E-state index contributed by atoms with van der Waals surface area (Å²) >= 11 is 5.49. The van der Waals surface area contributed by atoms with Gasteiger partial charge in [0.15, 0.2) is 0 Å². The van der Waals surface area contributed by atoms with Crippen molar-refractivity contribution in [3.63, 3.8) is 0 Å². The Morgan fingerprint density at radius 2 is 2.25 bits per heavy atom. The molecule has 64 valence electrons. The van der Waals surface area contributed by atoms with E-state index in [0.29, 0.717) is 6.54 Å². The van der Waals surface area contributed by atoms with Crippen molar-refractivity contribution in [3.05, 3.63) is 40.7 Å². The van der Waals surface area contributed by atoms with Crippen molar-refractivity contribution in [3.8, 4) is 0 Å². The lowest BCUT2D eigenvalue weighted by atomic mass is 10.2. The normalized spacial score (nSPS) is 10.9. The molecule has 0 fully saturated rings. The van der Waals surface area contributed by atoms with Gasteiger partial charge in [-0.25, -0.2) is 4.39 Å². The van der Waals surface area contributed by atoms with Gasteiger partial charge in [-0.15, -0.1) is 0 Å². The molecule has 1 nitrogen and oxygen atoms in total. The molecular formula is C9H9ClFN. The van der Waals surface area contributed by atoms with E-state index in [4.69, 9.17) is 17.3 Å². The minimum atomic E-state index is -0.407. The summed E-state index contributed by atoms with van der Waals surface area (Å²) < 4.78 is 12.8. The number of benzene rings is 1. The summed E-state index contributed by atoms with van der Waals surface area (Å²) in [6.07, 6.45) is 3.50. The molecule has 0 saturated heterocycles. The van der Waals surface area contributed by atoms with E-state index in [-0.39, 0.29) is 5.02 Å². The third-order valence-corrected chi connectivity index (χ3v) is 1.70. The average Bonchev–Trinajstić information content (AvgIpc) is 2.07. The molecule has 1 rings (SSSR count). The van der Waals surface area contributed by atoms with E-state index in [1.807, 2.05) is 0 Å². The van der Waals surface area contributed by atoms with E-state index >= 15 is 0 Å². The smallest absolute Gasteiger partial charge is 0.142 e. The average molecular weight is 186 g/mol. The number of halogens is 2. The van der Waals surface area contributed by atoms with Gasteiger partial charge in [0.05, 0.1) is 5.02 Å². The van der Waals surface area contributed by atoms with Crippen LogP contribution in [0.15, 0.2) is 24.3 Å². The Labute approximate surface area is 75.6 Å². The summed E-state index contributed by atoms with van der Waals surface area (Å²) in [6.45, 7) is 0.449. The van der Waals surface area contributed by atoms with Crippen LogP contribution < -0.4 is 5.73 Å². The molecule has 12 heavy (non-hydrogen) atoms. The lowest BCUT2D eigenvalue weighted by Gasteiger charge is -1.95. The molecule has 0 unspecified atom stereocenters. The van der Waals surface area contributed by atoms with Crippen molar-refractivity contribution in [2.75, 3.05) is 6.54 Å². The lowest BCUT2D eigenvalue weighted by Crippen LogP contribution is -1.92. The maximum atomic E-state index is 12.8. The monoisotopic (exact) mass is 185 g/mol. The summed E-state index contributed by atoms with van der Waals surface area (Å²) in [7, 11) is 0. The van der Waals surface area contributed by atoms with Crippen LogP contribution in [0, 0.1) is 5.82 Å². The highest BCUT2D eigenvalue weighted by Crippen LogP contribution is 2.16. The Bertz CT molecular complexity index is 297. The first-order valence-corrected chi connectivity index (χ1v) is 3.93. The second kappa shape index (κ2) is 4.24. The summed E-state index contributed by atoms with van der Waals surface area (Å²) in [6, 6.07) is 4.62. The van der Waals surface area contributed by atoms with Gasteiger partial charge >= 0.3 is 0 Å². The SMILES string of the molecule is NC/C=C/c1ccc(Cl)c(F)c1. The fraction of sp³-hybridized carbons (Fsp3) is 0.111. The Kier molecular flexibility index (Phi) is 3.26. The van der Waals surface area contributed by atoms with Crippen molar-refractivity contribution in [2.24, 2.45) is 5.73 Å². The third kappa shape index (κ3) is 2.32. The fourth-order valence-electron chi connectivity index (χ4n) is 0.820. The molecule has 0 saturated carbocycles. The number of hydrogen-bond acceptors (Lipinski definition) is 1. The van der Waals surface area contributed by atoms with Gasteiger partial charge in [-0.05, 0) is 17.7 Å². The highest BCUT2D eigenvalue weighted by atomic mass is 35.5. The molecule has 0 aliphatic rings. The van der Waals surface area contributed by atoms with Crippen molar-refractivity contribution >= 4 is 17.7 Å². The van der Waals surface area contributed by atoms with Crippen LogP contribution in [0.1, 0.15) is 5.56 Å². The van der Waals surface area contributed by atoms with Gasteiger partial charge in [-0.3, -0.25) is 0 Å². The van der Waals surface area contributed by atoms with Crippen molar-refractivity contribution in [1.29, 1.82) is 0 Å². The minimum Gasteiger partial charge on any atom is -0.327 e. The molecule has 0 amide bonds. The van der Waals surface area contributed by atoms with Crippen molar-refractivity contribution < 1.29 is 4.39 Å². The first-order chi connectivity index (χ1) is 5.74. The van der Waals surface area contributed by atoms with Crippen molar-refractivity contribution in [1.82, 2.24) is 0 Å². The molecule has 0 radical (unpaired) electrons. The molecule has 0 atom stereocenters. The number of nitrogens with two attached hydrogens (primary N) is 1. The maximum Gasteiger partial charge on any atom is 0.142 e. The van der Waals surface area contributed by atoms with Crippen LogP contribution in [-0.4, -0.2) is 6.54 Å². The van der Waals surface area contributed by atoms with Crippen molar-refractivity contribution in [2.45, 2.75) is 0 Å². The van der Waals surface area contributed by atoms with Crippen LogP contribution in [0.4, 0.5) is 4.39 Å². The standard InChI is InChI=1S/C9H9ClFN/c10-8-4-3-7(2-1-5-12)6-9(8)11/h1-4,6H,5,12H2/b2-1+. The zero-order chi connectivity index (χ0) is 8.97. The molecular weight excluding hydrogens is 177 g/mol. The van der Waals surface area contributed by atoms with Crippen LogP contribution >= 0.6 is 11.6 Å². The second-order valence-electron chi connectivity index (χ2n) is 2.31. The number of rotatable bonds is 2. The highest BCUT2D eigenvalue weighted by molar-refractivity contribution is 6.30. The van der Waals surface area contributed by atoms with Gasteiger partial charge in [0.2, 0.25) is 0 Å². The molecule has 0 aliphatic carbocycles. The zero-order valence-corrected chi connectivity index (χ0v) is 7.18. The summed E-state index contributed by atoms with van der Waals surface area (Å²) in [5, 5.41) is 0.139. The Morgan fingerprint density at radius 1 is 1.50 bits per heavy atom. The van der Waals surface area contributed by atoms with E-state index in [9.17, 15) is 4.39 Å². The van der Waals surface area contributed by atoms with Gasteiger partial charge in [0.25, 0.3) is 0 Å². The quantitative estimate of drug-likeness (QED) is 0.753. The van der Waals surface area contributed by atoms with Crippen LogP contribution in [-0.2, 0) is 0 Å². The van der Waals surface area contributed by atoms with E-state index in [1.165, 1.54) is 12.1 Å². The maximum absolute atomic E-state index is 12.8. The summed E-state index contributed by atoms with van der Waals surface area (Å²) in [5.74, 6) is -0.407. The highest BCUT2D eigenvalue weighted by Gasteiger charge is 1.97. The summed E-state index contributed by atoms with van der Waals surface area (Å²) in [5.41, 5.74) is 6.00. The molecule has 0 spiro atoms. The Balaban J connectivity index is 2.89. The largest absolute Gasteiger partial charge is 0.327 e. The van der Waals surface area contributed by atoms with Gasteiger partial charge in [-0.2, -0.15) is 0 Å². The molecule has 0 bridgehead atoms. The van der Waals surface area contributed by atoms with E-state index < -0.39 is 5.82 Å². The van der Waals surface area contributed by atoms with Gasteiger partial charge in [-0.1, -0.05) is 29.8 Å². The first kappa shape index (κ1) is 9.23. The first-order valence-electron chi connectivity index (χ1n) is 3.55. The van der Waals surface area contributed by atoms with Gasteiger partial charge in [0, 0.05) is 6.54 Å². The molecule has 1 aromatic carbocycles. The Morgan fingerprint density at radius 3 is 2.83 bits per heavy atom. The molecule has 1 aromatic rings. The predicted molar refractivity (Wildman–Crippen MR) is 49.5 cm³/mol. The van der Waals surface area contributed by atoms with Gasteiger partial charge in [0.1, 0.15) is 5.82 Å². The fourth-order valence-corrected chi connectivity index (χ4v) is 0.938. The van der Waals surface area contributed by atoms with E-state index in [2.05, 4.69) is 0 Å². The molecule has 3 heteroatoms. The molecule has 2 N–H and O–H groups in total. The van der Waals surface area contributed by atoms with Crippen LogP contribution in [0.25, 0.3) is 6.08 Å². The minimum absolute atomic E-state index is 0.139. The van der Waals surface area contributed by atoms with Crippen LogP contribution in [0.3, 0.4) is 0 Å². The molecule has 0 aromatic heterocycles. The third-order valence-electron chi connectivity index (χ3n) is 1.39. The Hall–Kier alpha value is -0.860. The summed E-state index contributed by atoms with van der Waals surface area (Å²) in [4.78, 5) is 0. The molecule has 0 aliphatic heterocycles. The second-order valence-corrected chi connectivity index (χ2v) is 2.72. The van der Waals surface area contributed by atoms with Crippen LogP contribution in [0.2, 0.25) is 5.02 Å². The lowest BCUT2D eigenvalue weighted by molar-refractivity contribution is 0.628. The predicted octanol–water partition coefficient (Wildman–Crippen LogP) is 2.45. The topological polar surface area (TPSA) is 26.0 Å².